The zero-order chi connectivity index (χ0) is 23.7. The van der Waals surface area contributed by atoms with Crippen LogP contribution in [0.15, 0.2) is 79.3 Å². The second-order valence-electron chi connectivity index (χ2n) is 8.79. The van der Waals surface area contributed by atoms with Crippen LogP contribution >= 0.6 is 12.2 Å². The maximum atomic E-state index is 5.90. The van der Waals surface area contributed by atoms with Gasteiger partial charge in [-0.3, -0.25) is 9.97 Å². The first-order chi connectivity index (χ1) is 16.6. The number of aromatic nitrogens is 3. The summed E-state index contributed by atoms with van der Waals surface area (Å²) >= 11 is 5.90. The van der Waals surface area contributed by atoms with Gasteiger partial charge in [0.2, 0.25) is 0 Å². The van der Waals surface area contributed by atoms with Crippen molar-refractivity contribution in [3.05, 3.63) is 113 Å². The van der Waals surface area contributed by atoms with E-state index in [2.05, 4.69) is 88.0 Å². The minimum Gasteiger partial charge on any atom is -0.351 e. The van der Waals surface area contributed by atoms with E-state index >= 15 is 0 Å². The Morgan fingerprint density at radius 1 is 0.971 bits per heavy atom. The van der Waals surface area contributed by atoms with Gasteiger partial charge >= 0.3 is 0 Å². The van der Waals surface area contributed by atoms with Crippen molar-refractivity contribution in [3.8, 4) is 0 Å². The summed E-state index contributed by atoms with van der Waals surface area (Å²) in [5, 5.41) is 4.30. The molecule has 4 heterocycles. The summed E-state index contributed by atoms with van der Waals surface area (Å²) in [5.74, 6) is 0. The van der Waals surface area contributed by atoms with Gasteiger partial charge < -0.3 is 14.8 Å². The van der Waals surface area contributed by atoms with E-state index in [1.807, 2.05) is 36.8 Å². The number of thiocarbonyl (C=S) groups is 1. The number of nitrogens with zero attached hydrogens (tertiary/aromatic N) is 4. The molecule has 4 aromatic rings. The molecule has 1 aliphatic rings. The van der Waals surface area contributed by atoms with Crippen molar-refractivity contribution in [2.24, 2.45) is 0 Å². The number of hydrogen-bond donors (Lipinski definition) is 1. The summed E-state index contributed by atoms with van der Waals surface area (Å²) < 4.78 is 2.36. The molecule has 5 nitrogen and oxygen atoms in total. The highest BCUT2D eigenvalue weighted by Crippen LogP contribution is 2.43. The lowest BCUT2D eigenvalue weighted by molar-refractivity contribution is 0.563. The Balaban J connectivity index is 1.61. The smallest absolute Gasteiger partial charge is 0.174 e. The first-order valence-electron chi connectivity index (χ1n) is 11.7. The van der Waals surface area contributed by atoms with E-state index in [-0.39, 0.29) is 12.1 Å². The first kappa shape index (κ1) is 22.3. The molecule has 0 amide bonds. The number of aryl methyl sites for hydroxylation is 2. The lowest BCUT2D eigenvalue weighted by Gasteiger charge is -2.28. The number of pyridine rings is 2. The van der Waals surface area contributed by atoms with E-state index in [1.165, 1.54) is 28.1 Å². The van der Waals surface area contributed by atoms with Gasteiger partial charge in [-0.15, -0.1) is 0 Å². The summed E-state index contributed by atoms with van der Waals surface area (Å²) in [7, 11) is 0. The van der Waals surface area contributed by atoms with Gasteiger partial charge in [0.1, 0.15) is 0 Å². The highest BCUT2D eigenvalue weighted by Gasteiger charge is 2.42. The van der Waals surface area contributed by atoms with Crippen LogP contribution in [-0.2, 0) is 13.0 Å². The molecule has 0 saturated carbocycles. The van der Waals surface area contributed by atoms with E-state index in [0.717, 1.165) is 29.5 Å². The predicted molar refractivity (Wildman–Crippen MR) is 141 cm³/mol. The van der Waals surface area contributed by atoms with Crippen LogP contribution in [0.25, 0.3) is 0 Å². The molecule has 34 heavy (non-hydrogen) atoms. The van der Waals surface area contributed by atoms with E-state index < -0.39 is 0 Å². The molecule has 0 radical (unpaired) electrons. The third kappa shape index (κ3) is 4.10. The molecule has 172 valence electrons. The van der Waals surface area contributed by atoms with Crippen molar-refractivity contribution in [2.45, 2.75) is 45.8 Å². The van der Waals surface area contributed by atoms with Crippen LogP contribution in [0.4, 0.5) is 5.69 Å². The molecular weight excluding hydrogens is 438 g/mol. The number of benzene rings is 1. The standard InChI is InChI=1S/C28H29N5S/c1-4-21-10-12-23(13-11-21)33-27(26(31-28(33)34)25-9-5-6-15-30-25)24-16-19(2)32(20(24)3)18-22-8-7-14-29-17-22/h5-17,26-27H,4,18H2,1-3H3,(H,31,34)/t26-,27+/m0/s1. The largest absolute Gasteiger partial charge is 0.351 e. The SMILES string of the molecule is CCc1ccc(N2C(=S)N[C@@H](c3ccccn3)[C@H]2c2cc(C)n(Cc3cccnc3)c2C)cc1. The van der Waals surface area contributed by atoms with Crippen LogP contribution < -0.4 is 10.2 Å². The Morgan fingerprint density at radius 3 is 2.47 bits per heavy atom. The van der Waals surface area contributed by atoms with Crippen LogP contribution in [0.5, 0.6) is 0 Å². The molecule has 1 N–H and O–H groups in total. The predicted octanol–water partition coefficient (Wildman–Crippen LogP) is 5.68. The summed E-state index contributed by atoms with van der Waals surface area (Å²) in [4.78, 5) is 11.2. The van der Waals surface area contributed by atoms with Crippen molar-refractivity contribution in [2.75, 3.05) is 4.90 Å². The molecule has 6 heteroatoms. The van der Waals surface area contributed by atoms with Crippen LogP contribution in [0, 0.1) is 13.8 Å². The maximum Gasteiger partial charge on any atom is 0.174 e. The molecule has 3 aromatic heterocycles. The monoisotopic (exact) mass is 467 g/mol. The highest BCUT2D eigenvalue weighted by atomic mass is 32.1. The van der Waals surface area contributed by atoms with E-state index in [4.69, 9.17) is 12.2 Å². The van der Waals surface area contributed by atoms with Crippen LogP contribution in [-0.4, -0.2) is 19.6 Å². The number of nitrogens with one attached hydrogen (secondary N) is 1. The third-order valence-electron chi connectivity index (χ3n) is 6.72. The zero-order valence-electron chi connectivity index (χ0n) is 19.8. The molecule has 0 unspecified atom stereocenters. The number of rotatable bonds is 6. The Bertz CT molecular complexity index is 1280. The fourth-order valence-corrected chi connectivity index (χ4v) is 5.23. The van der Waals surface area contributed by atoms with Crippen molar-refractivity contribution >= 4 is 23.0 Å². The average Bonchev–Trinajstić information content (AvgIpc) is 3.36. The summed E-state index contributed by atoms with van der Waals surface area (Å²) in [5.41, 5.74) is 8.28. The molecule has 0 aliphatic carbocycles. The molecule has 1 saturated heterocycles. The quantitative estimate of drug-likeness (QED) is 0.370. The van der Waals surface area contributed by atoms with Crippen molar-refractivity contribution < 1.29 is 0 Å². The summed E-state index contributed by atoms with van der Waals surface area (Å²) in [6.45, 7) is 7.33. The number of anilines is 1. The normalized spacial score (nSPS) is 17.7. The van der Waals surface area contributed by atoms with Crippen LogP contribution in [0.3, 0.4) is 0 Å². The molecule has 0 spiro atoms. The fourth-order valence-electron chi connectivity index (χ4n) is 4.89. The molecule has 1 fully saturated rings. The second-order valence-corrected chi connectivity index (χ2v) is 9.18. The van der Waals surface area contributed by atoms with Crippen LogP contribution in [0.2, 0.25) is 0 Å². The van der Waals surface area contributed by atoms with Gasteiger partial charge in [-0.25, -0.2) is 0 Å². The Kier molecular flexibility index (Phi) is 6.16. The van der Waals surface area contributed by atoms with Crippen LogP contribution in [0.1, 0.15) is 52.8 Å². The summed E-state index contributed by atoms with van der Waals surface area (Å²) in [6.07, 6.45) is 6.61. The van der Waals surface area contributed by atoms with Crippen molar-refractivity contribution in [1.29, 1.82) is 0 Å². The Morgan fingerprint density at radius 2 is 1.79 bits per heavy atom. The Labute approximate surface area is 206 Å². The summed E-state index contributed by atoms with van der Waals surface area (Å²) in [6, 6.07) is 21.1. The van der Waals surface area contributed by atoms with Gasteiger partial charge in [0.15, 0.2) is 5.11 Å². The van der Waals surface area contributed by atoms with Gasteiger partial charge in [0.25, 0.3) is 0 Å². The topological polar surface area (TPSA) is 46.0 Å². The van der Waals surface area contributed by atoms with Gasteiger partial charge in [0, 0.05) is 42.2 Å². The lowest BCUT2D eigenvalue weighted by Crippen LogP contribution is -2.29. The van der Waals surface area contributed by atoms with E-state index in [1.54, 1.807) is 0 Å². The van der Waals surface area contributed by atoms with Crippen molar-refractivity contribution in [3.63, 3.8) is 0 Å². The third-order valence-corrected chi connectivity index (χ3v) is 7.03. The van der Waals surface area contributed by atoms with Gasteiger partial charge in [0.05, 0.1) is 17.8 Å². The lowest BCUT2D eigenvalue weighted by atomic mass is 9.96. The highest BCUT2D eigenvalue weighted by molar-refractivity contribution is 7.80. The Hall–Kier alpha value is -3.51. The minimum atomic E-state index is -0.0492. The van der Waals surface area contributed by atoms with Crippen molar-refractivity contribution in [1.82, 2.24) is 19.9 Å². The first-order valence-corrected chi connectivity index (χ1v) is 12.1. The van der Waals surface area contributed by atoms with Gasteiger partial charge in [-0.1, -0.05) is 31.2 Å². The molecule has 0 bridgehead atoms. The van der Waals surface area contributed by atoms with E-state index in [9.17, 15) is 0 Å². The molecular formula is C28H29N5S. The minimum absolute atomic E-state index is 0.0104. The van der Waals surface area contributed by atoms with E-state index in [0.29, 0.717) is 0 Å². The molecule has 5 rings (SSSR count). The molecule has 1 aliphatic heterocycles. The zero-order valence-corrected chi connectivity index (χ0v) is 20.6. The van der Waals surface area contributed by atoms with Gasteiger partial charge in [-0.05, 0) is 85.6 Å². The average molecular weight is 468 g/mol. The molecule has 1 aromatic carbocycles. The molecule has 2 atom stereocenters. The number of hydrogen-bond acceptors (Lipinski definition) is 3. The van der Waals surface area contributed by atoms with Gasteiger partial charge in [-0.2, -0.15) is 0 Å². The fraction of sp³-hybridized carbons (Fsp3) is 0.250. The maximum absolute atomic E-state index is 5.90. The second kappa shape index (κ2) is 9.39.